The summed E-state index contributed by atoms with van der Waals surface area (Å²) in [6.07, 6.45) is 5.39. The Morgan fingerprint density at radius 2 is 1.16 bits per heavy atom. The number of ether oxygens (including phenoxy) is 1. The second-order valence-corrected chi connectivity index (χ2v) is 4.12. The Morgan fingerprint density at radius 3 is 1.63 bits per heavy atom. The molecule has 2 aromatic carbocycles. The lowest BCUT2D eigenvalue weighted by Gasteiger charge is -2.08. The van der Waals surface area contributed by atoms with Crippen molar-refractivity contribution in [1.29, 1.82) is 0 Å². The molecular formula is C18H16O. The van der Waals surface area contributed by atoms with Gasteiger partial charge in [0, 0.05) is 0 Å². The first kappa shape index (κ1) is 12.9. The summed E-state index contributed by atoms with van der Waals surface area (Å²) in [6, 6.07) is 13.7. The zero-order valence-corrected chi connectivity index (χ0v) is 10.8. The van der Waals surface area contributed by atoms with Crippen molar-refractivity contribution < 1.29 is 4.74 Å². The summed E-state index contributed by atoms with van der Waals surface area (Å²) in [7, 11) is 0. The first-order chi connectivity index (χ1) is 9.25. The van der Waals surface area contributed by atoms with E-state index in [1.807, 2.05) is 42.5 Å². The van der Waals surface area contributed by atoms with Gasteiger partial charge in [0.1, 0.15) is 11.5 Å². The second-order valence-electron chi connectivity index (χ2n) is 4.12. The zero-order chi connectivity index (χ0) is 13.7. The molecule has 0 saturated carbocycles. The normalized spacial score (nSPS) is 9.68. The molecule has 0 aromatic heterocycles. The van der Waals surface area contributed by atoms with Crippen LogP contribution in [-0.4, -0.2) is 0 Å². The Labute approximate surface area is 114 Å². The molecule has 19 heavy (non-hydrogen) atoms. The van der Waals surface area contributed by atoms with Crippen molar-refractivity contribution in [3.05, 3.63) is 78.9 Å². The van der Waals surface area contributed by atoms with Crippen molar-refractivity contribution in [1.82, 2.24) is 0 Å². The van der Waals surface area contributed by atoms with Crippen molar-refractivity contribution >= 4 is 18.2 Å². The Bertz CT molecular complexity index is 580. The van der Waals surface area contributed by atoms with Crippen LogP contribution < -0.4 is 4.74 Å². The van der Waals surface area contributed by atoms with Crippen LogP contribution in [0.15, 0.2) is 62.2 Å². The molecule has 0 radical (unpaired) electrons. The minimum Gasteiger partial charge on any atom is -0.457 e. The largest absolute Gasteiger partial charge is 0.457 e. The first-order valence-electron chi connectivity index (χ1n) is 6.05. The van der Waals surface area contributed by atoms with Gasteiger partial charge in [-0.2, -0.15) is 0 Å². The Morgan fingerprint density at radius 1 is 0.632 bits per heavy atom. The Hall–Kier alpha value is -2.54. The van der Waals surface area contributed by atoms with Gasteiger partial charge in [0.25, 0.3) is 0 Å². The molecule has 0 spiro atoms. The monoisotopic (exact) mass is 248 g/mol. The van der Waals surface area contributed by atoms with Crippen LogP contribution in [0.4, 0.5) is 0 Å². The highest BCUT2D eigenvalue weighted by atomic mass is 16.5. The van der Waals surface area contributed by atoms with Gasteiger partial charge in [-0.1, -0.05) is 50.1 Å². The van der Waals surface area contributed by atoms with Crippen LogP contribution in [0.25, 0.3) is 18.2 Å². The van der Waals surface area contributed by atoms with E-state index >= 15 is 0 Å². The van der Waals surface area contributed by atoms with Crippen molar-refractivity contribution in [2.24, 2.45) is 0 Å². The van der Waals surface area contributed by atoms with E-state index in [-0.39, 0.29) is 0 Å². The maximum absolute atomic E-state index is 5.83. The lowest BCUT2D eigenvalue weighted by molar-refractivity contribution is 0.482. The van der Waals surface area contributed by atoms with Crippen LogP contribution in [-0.2, 0) is 0 Å². The summed E-state index contributed by atoms with van der Waals surface area (Å²) < 4.78 is 5.83. The third-order valence-corrected chi connectivity index (χ3v) is 2.77. The maximum atomic E-state index is 5.83. The predicted octanol–water partition coefficient (Wildman–Crippen LogP) is 5.41. The molecule has 94 valence electrons. The van der Waals surface area contributed by atoms with E-state index < -0.39 is 0 Å². The smallest absolute Gasteiger partial charge is 0.128 e. The molecule has 0 saturated heterocycles. The highest BCUT2D eigenvalue weighted by molar-refractivity contribution is 5.59. The number of benzene rings is 2. The third-order valence-electron chi connectivity index (χ3n) is 2.77. The molecule has 0 bridgehead atoms. The zero-order valence-electron chi connectivity index (χ0n) is 10.8. The summed E-state index contributed by atoms with van der Waals surface area (Å²) in [5.74, 6) is 1.57. The van der Waals surface area contributed by atoms with Crippen LogP contribution in [0.3, 0.4) is 0 Å². The summed E-state index contributed by atoms with van der Waals surface area (Å²) in [5, 5.41) is 0. The van der Waals surface area contributed by atoms with Gasteiger partial charge in [-0.05, 0) is 47.0 Å². The van der Waals surface area contributed by atoms with Crippen LogP contribution in [0.1, 0.15) is 16.7 Å². The van der Waals surface area contributed by atoms with E-state index in [4.69, 9.17) is 4.74 Å². The SMILES string of the molecule is C=Cc1ccc(Oc2cc(C=C)cc(C=C)c2)cc1. The van der Waals surface area contributed by atoms with Gasteiger partial charge in [0.05, 0.1) is 0 Å². The Kier molecular flexibility index (Phi) is 3.99. The molecular weight excluding hydrogens is 232 g/mol. The van der Waals surface area contributed by atoms with E-state index in [1.165, 1.54) is 0 Å². The summed E-state index contributed by atoms with van der Waals surface area (Å²) in [4.78, 5) is 0. The molecule has 0 atom stereocenters. The fraction of sp³-hybridized carbons (Fsp3) is 0. The average Bonchev–Trinajstić information content (AvgIpc) is 2.47. The molecule has 0 aliphatic heterocycles. The fourth-order valence-electron chi connectivity index (χ4n) is 1.75. The van der Waals surface area contributed by atoms with Gasteiger partial charge < -0.3 is 4.74 Å². The van der Waals surface area contributed by atoms with Gasteiger partial charge in [-0.15, -0.1) is 0 Å². The van der Waals surface area contributed by atoms with Crippen molar-refractivity contribution in [2.45, 2.75) is 0 Å². The van der Waals surface area contributed by atoms with Gasteiger partial charge >= 0.3 is 0 Å². The standard InChI is InChI=1S/C18H16O/c1-4-14-7-9-17(10-8-14)19-18-12-15(5-2)11-16(6-3)13-18/h4-13H,1-3H2. The molecule has 0 unspecified atom stereocenters. The molecule has 2 rings (SSSR count). The van der Waals surface area contributed by atoms with Crippen LogP contribution >= 0.6 is 0 Å². The topological polar surface area (TPSA) is 9.23 Å². The molecule has 0 aliphatic carbocycles. The van der Waals surface area contributed by atoms with Crippen molar-refractivity contribution in [3.8, 4) is 11.5 Å². The molecule has 0 amide bonds. The molecule has 0 aliphatic rings. The van der Waals surface area contributed by atoms with Crippen LogP contribution in [0, 0.1) is 0 Å². The van der Waals surface area contributed by atoms with Gasteiger partial charge in [0.2, 0.25) is 0 Å². The van der Waals surface area contributed by atoms with E-state index in [0.717, 1.165) is 28.2 Å². The highest BCUT2D eigenvalue weighted by Gasteiger charge is 2.00. The van der Waals surface area contributed by atoms with Crippen LogP contribution in [0.2, 0.25) is 0 Å². The van der Waals surface area contributed by atoms with E-state index in [1.54, 1.807) is 18.2 Å². The number of hydrogen-bond acceptors (Lipinski definition) is 1. The second kappa shape index (κ2) is 5.87. The lowest BCUT2D eigenvalue weighted by Crippen LogP contribution is -1.86. The van der Waals surface area contributed by atoms with Gasteiger partial charge in [-0.25, -0.2) is 0 Å². The maximum Gasteiger partial charge on any atom is 0.128 e. The van der Waals surface area contributed by atoms with E-state index in [9.17, 15) is 0 Å². The number of rotatable bonds is 5. The first-order valence-corrected chi connectivity index (χ1v) is 6.05. The van der Waals surface area contributed by atoms with Gasteiger partial charge in [-0.3, -0.25) is 0 Å². The average molecular weight is 248 g/mol. The predicted molar refractivity (Wildman–Crippen MR) is 83.2 cm³/mol. The van der Waals surface area contributed by atoms with E-state index in [2.05, 4.69) is 19.7 Å². The lowest BCUT2D eigenvalue weighted by atomic mass is 10.1. The van der Waals surface area contributed by atoms with E-state index in [0.29, 0.717) is 0 Å². The summed E-state index contributed by atoms with van der Waals surface area (Å²) >= 11 is 0. The molecule has 1 heteroatoms. The molecule has 1 nitrogen and oxygen atoms in total. The highest BCUT2D eigenvalue weighted by Crippen LogP contribution is 2.25. The van der Waals surface area contributed by atoms with Gasteiger partial charge in [0.15, 0.2) is 0 Å². The molecule has 0 heterocycles. The molecule has 2 aromatic rings. The quantitative estimate of drug-likeness (QED) is 0.687. The Balaban J connectivity index is 2.28. The van der Waals surface area contributed by atoms with Crippen molar-refractivity contribution in [2.75, 3.05) is 0 Å². The molecule has 0 fully saturated rings. The minimum absolute atomic E-state index is 0.777. The van der Waals surface area contributed by atoms with Crippen molar-refractivity contribution in [3.63, 3.8) is 0 Å². The summed E-state index contributed by atoms with van der Waals surface area (Å²) in [6.45, 7) is 11.3. The molecule has 0 N–H and O–H groups in total. The number of hydrogen-bond donors (Lipinski definition) is 0. The summed E-state index contributed by atoms with van der Waals surface area (Å²) in [5.41, 5.74) is 3.09. The third kappa shape index (κ3) is 3.23. The van der Waals surface area contributed by atoms with Crippen LogP contribution in [0.5, 0.6) is 11.5 Å². The fourth-order valence-corrected chi connectivity index (χ4v) is 1.75. The minimum atomic E-state index is 0.777.